The number of hydrogen-bond donors (Lipinski definition) is 2. The van der Waals surface area contributed by atoms with Gasteiger partial charge in [-0.1, -0.05) is 15.9 Å². The van der Waals surface area contributed by atoms with Crippen molar-refractivity contribution in [3.63, 3.8) is 0 Å². The van der Waals surface area contributed by atoms with Crippen LogP contribution in [-0.2, 0) is 0 Å². The molecule has 5 heteroatoms. The predicted octanol–water partition coefficient (Wildman–Crippen LogP) is 3.12. The minimum Gasteiger partial charge on any atom is -0.467 e. The lowest BCUT2D eigenvalue weighted by molar-refractivity contribution is 0.0936. The molecular formula is C13H13BrN2O2. The molecule has 2 rings (SSSR count). The Balaban J connectivity index is 2.15. The first-order valence-electron chi connectivity index (χ1n) is 5.47. The van der Waals surface area contributed by atoms with Gasteiger partial charge in [-0.3, -0.25) is 4.79 Å². The number of furan rings is 1. The maximum atomic E-state index is 12.1. The largest absolute Gasteiger partial charge is 0.467 e. The number of nitrogen functional groups attached to an aromatic ring is 1. The molecule has 0 aliphatic heterocycles. The molecule has 1 aromatic heterocycles. The summed E-state index contributed by atoms with van der Waals surface area (Å²) in [6, 6.07) is 8.57. The zero-order chi connectivity index (χ0) is 13.1. The summed E-state index contributed by atoms with van der Waals surface area (Å²) < 4.78 is 6.04. The lowest BCUT2D eigenvalue weighted by Crippen LogP contribution is -2.27. The minimum absolute atomic E-state index is 0.203. The van der Waals surface area contributed by atoms with Crippen LogP contribution >= 0.6 is 15.9 Å². The first-order valence-corrected chi connectivity index (χ1v) is 6.26. The second-order valence-electron chi connectivity index (χ2n) is 3.94. The second kappa shape index (κ2) is 5.27. The Labute approximate surface area is 113 Å². The number of nitrogens with two attached hydrogens (primary N) is 1. The van der Waals surface area contributed by atoms with Crippen LogP contribution in [0, 0.1) is 0 Å². The fourth-order valence-electron chi connectivity index (χ4n) is 1.61. The van der Waals surface area contributed by atoms with E-state index < -0.39 is 0 Å². The van der Waals surface area contributed by atoms with Crippen molar-refractivity contribution < 1.29 is 9.21 Å². The highest BCUT2D eigenvalue weighted by Crippen LogP contribution is 2.20. The molecule has 0 saturated heterocycles. The van der Waals surface area contributed by atoms with Crippen LogP contribution in [0.15, 0.2) is 45.5 Å². The van der Waals surface area contributed by atoms with Gasteiger partial charge in [-0.05, 0) is 37.3 Å². The Hall–Kier alpha value is -1.75. The van der Waals surface area contributed by atoms with E-state index in [-0.39, 0.29) is 11.9 Å². The van der Waals surface area contributed by atoms with Gasteiger partial charge in [0.25, 0.3) is 5.91 Å². The molecule has 1 heterocycles. The summed E-state index contributed by atoms with van der Waals surface area (Å²) in [6.45, 7) is 1.85. The number of carbonyl (C=O) groups is 1. The molecule has 3 N–H and O–H groups in total. The van der Waals surface area contributed by atoms with Crippen molar-refractivity contribution in [3.8, 4) is 0 Å². The van der Waals surface area contributed by atoms with E-state index in [0.717, 1.165) is 4.47 Å². The van der Waals surface area contributed by atoms with Crippen LogP contribution in [0.25, 0.3) is 0 Å². The van der Waals surface area contributed by atoms with Crippen molar-refractivity contribution in [3.05, 3.63) is 52.4 Å². The summed E-state index contributed by atoms with van der Waals surface area (Å²) in [6.07, 6.45) is 1.57. The third-order valence-electron chi connectivity index (χ3n) is 2.58. The SMILES string of the molecule is CC(NC(=O)c1cc(Br)ccc1N)c1ccco1. The molecule has 0 spiro atoms. The highest BCUT2D eigenvalue weighted by molar-refractivity contribution is 9.10. The van der Waals surface area contributed by atoms with Gasteiger partial charge < -0.3 is 15.5 Å². The number of anilines is 1. The van der Waals surface area contributed by atoms with Crippen LogP contribution in [0.4, 0.5) is 5.69 Å². The van der Waals surface area contributed by atoms with Crippen LogP contribution in [0.3, 0.4) is 0 Å². The molecule has 1 amide bonds. The Kier molecular flexibility index (Phi) is 3.72. The molecule has 1 unspecified atom stereocenters. The summed E-state index contributed by atoms with van der Waals surface area (Å²) in [5, 5.41) is 2.83. The number of halogens is 1. The van der Waals surface area contributed by atoms with E-state index in [0.29, 0.717) is 17.0 Å². The summed E-state index contributed by atoms with van der Waals surface area (Å²) in [5.41, 5.74) is 6.67. The molecular weight excluding hydrogens is 296 g/mol. The average Bonchev–Trinajstić information content (AvgIpc) is 2.85. The highest BCUT2D eigenvalue weighted by Gasteiger charge is 2.15. The summed E-state index contributed by atoms with van der Waals surface area (Å²) in [5.74, 6) is 0.481. The van der Waals surface area contributed by atoms with Crippen molar-refractivity contribution in [2.24, 2.45) is 0 Å². The van der Waals surface area contributed by atoms with Gasteiger partial charge in [-0.2, -0.15) is 0 Å². The van der Waals surface area contributed by atoms with Gasteiger partial charge in [-0.15, -0.1) is 0 Å². The number of hydrogen-bond acceptors (Lipinski definition) is 3. The standard InChI is InChI=1S/C13H13BrN2O2/c1-8(12-3-2-6-18-12)16-13(17)10-7-9(14)4-5-11(10)15/h2-8H,15H2,1H3,(H,16,17). The molecule has 0 bridgehead atoms. The fourth-order valence-corrected chi connectivity index (χ4v) is 1.97. The van der Waals surface area contributed by atoms with Crippen molar-refractivity contribution in [1.29, 1.82) is 0 Å². The van der Waals surface area contributed by atoms with Crippen molar-refractivity contribution in [2.45, 2.75) is 13.0 Å². The van der Waals surface area contributed by atoms with Crippen molar-refractivity contribution >= 4 is 27.5 Å². The second-order valence-corrected chi connectivity index (χ2v) is 4.86. The molecule has 0 saturated carbocycles. The van der Waals surface area contributed by atoms with E-state index in [1.54, 1.807) is 30.5 Å². The van der Waals surface area contributed by atoms with E-state index in [2.05, 4.69) is 21.2 Å². The van der Waals surface area contributed by atoms with E-state index in [9.17, 15) is 4.79 Å². The van der Waals surface area contributed by atoms with Gasteiger partial charge in [0.05, 0.1) is 17.9 Å². The van der Waals surface area contributed by atoms with Gasteiger partial charge in [0, 0.05) is 10.2 Å². The number of carbonyl (C=O) groups excluding carboxylic acids is 1. The lowest BCUT2D eigenvalue weighted by atomic mass is 10.1. The maximum Gasteiger partial charge on any atom is 0.253 e. The maximum absolute atomic E-state index is 12.1. The highest BCUT2D eigenvalue weighted by atomic mass is 79.9. The molecule has 18 heavy (non-hydrogen) atoms. The van der Waals surface area contributed by atoms with E-state index in [1.165, 1.54) is 0 Å². The fraction of sp³-hybridized carbons (Fsp3) is 0.154. The molecule has 1 aromatic carbocycles. The first-order chi connectivity index (χ1) is 8.58. The average molecular weight is 309 g/mol. The van der Waals surface area contributed by atoms with Crippen molar-refractivity contribution in [1.82, 2.24) is 5.32 Å². The van der Waals surface area contributed by atoms with E-state index in [4.69, 9.17) is 10.2 Å². The zero-order valence-electron chi connectivity index (χ0n) is 9.81. The number of rotatable bonds is 3. The molecule has 0 fully saturated rings. The van der Waals surface area contributed by atoms with Crippen LogP contribution in [0.2, 0.25) is 0 Å². The molecule has 94 valence electrons. The molecule has 0 radical (unpaired) electrons. The molecule has 2 aromatic rings. The van der Waals surface area contributed by atoms with Crippen LogP contribution in [-0.4, -0.2) is 5.91 Å². The Bertz CT molecular complexity index is 552. The monoisotopic (exact) mass is 308 g/mol. The van der Waals surface area contributed by atoms with Crippen LogP contribution < -0.4 is 11.1 Å². The summed E-state index contributed by atoms with van der Waals surface area (Å²) in [7, 11) is 0. The van der Waals surface area contributed by atoms with Gasteiger partial charge in [0.2, 0.25) is 0 Å². The quantitative estimate of drug-likeness (QED) is 0.856. The number of nitrogens with one attached hydrogen (secondary N) is 1. The van der Waals surface area contributed by atoms with Gasteiger partial charge in [-0.25, -0.2) is 0 Å². The van der Waals surface area contributed by atoms with Crippen LogP contribution in [0.1, 0.15) is 29.1 Å². The summed E-state index contributed by atoms with van der Waals surface area (Å²) >= 11 is 3.32. The third-order valence-corrected chi connectivity index (χ3v) is 3.07. The molecule has 0 aliphatic carbocycles. The zero-order valence-corrected chi connectivity index (χ0v) is 11.4. The number of benzene rings is 1. The van der Waals surface area contributed by atoms with E-state index in [1.807, 2.05) is 13.0 Å². The Morgan fingerprint density at radius 1 is 1.44 bits per heavy atom. The third kappa shape index (κ3) is 2.73. The van der Waals surface area contributed by atoms with Gasteiger partial charge >= 0.3 is 0 Å². The first kappa shape index (κ1) is 12.7. The van der Waals surface area contributed by atoms with Gasteiger partial charge in [0.15, 0.2) is 0 Å². The normalized spacial score (nSPS) is 12.1. The molecule has 0 aliphatic rings. The molecule has 1 atom stereocenters. The smallest absolute Gasteiger partial charge is 0.253 e. The van der Waals surface area contributed by atoms with Gasteiger partial charge in [0.1, 0.15) is 5.76 Å². The predicted molar refractivity (Wildman–Crippen MR) is 73.1 cm³/mol. The summed E-state index contributed by atoms with van der Waals surface area (Å²) in [4.78, 5) is 12.1. The van der Waals surface area contributed by atoms with Crippen molar-refractivity contribution in [2.75, 3.05) is 5.73 Å². The van der Waals surface area contributed by atoms with Crippen LogP contribution in [0.5, 0.6) is 0 Å². The number of amides is 1. The lowest BCUT2D eigenvalue weighted by Gasteiger charge is -2.12. The minimum atomic E-state index is -0.224. The Morgan fingerprint density at radius 3 is 2.89 bits per heavy atom. The topological polar surface area (TPSA) is 68.3 Å². The Morgan fingerprint density at radius 2 is 2.22 bits per heavy atom. The molecule has 4 nitrogen and oxygen atoms in total. The van der Waals surface area contributed by atoms with E-state index >= 15 is 0 Å².